The summed E-state index contributed by atoms with van der Waals surface area (Å²) >= 11 is 0. The van der Waals surface area contributed by atoms with Crippen LogP contribution in [0.3, 0.4) is 0 Å². The van der Waals surface area contributed by atoms with Gasteiger partial charge in [0.15, 0.2) is 6.29 Å². The number of carbonyl (C=O) groups excluding carboxylic acids is 1. The average molecular weight is 632 g/mol. The number of amides is 1. The second-order valence-electron chi connectivity index (χ2n) is 12.6. The fourth-order valence-electron chi connectivity index (χ4n) is 6.39. The van der Waals surface area contributed by atoms with Crippen LogP contribution >= 0.6 is 0 Å². The molecular formula is C28H53N7O9. The van der Waals surface area contributed by atoms with E-state index in [1.54, 1.807) is 7.05 Å². The molecule has 4 rings (SSSR count). The summed E-state index contributed by atoms with van der Waals surface area (Å²) in [6, 6.07) is -2.60. The lowest BCUT2D eigenvalue weighted by Crippen LogP contribution is -2.69. The van der Waals surface area contributed by atoms with Crippen LogP contribution in [0.2, 0.25) is 0 Å². The monoisotopic (exact) mass is 631 g/mol. The van der Waals surface area contributed by atoms with E-state index < -0.39 is 78.8 Å². The fraction of sp³-hybridized carbons (Fsp3) is 0.893. The van der Waals surface area contributed by atoms with Crippen molar-refractivity contribution in [3.63, 3.8) is 0 Å². The zero-order chi connectivity index (χ0) is 32.0. The van der Waals surface area contributed by atoms with Crippen LogP contribution < -0.4 is 38.5 Å². The smallest absolute Gasteiger partial charge is 0.249 e. The highest BCUT2D eigenvalue weighted by molar-refractivity contribution is 5.80. The van der Waals surface area contributed by atoms with E-state index in [-0.39, 0.29) is 26.0 Å². The molecule has 0 spiro atoms. The van der Waals surface area contributed by atoms with Gasteiger partial charge in [-0.15, -0.1) is 0 Å². The molecule has 16 heteroatoms. The third-order valence-electron chi connectivity index (χ3n) is 8.90. The third-order valence-corrected chi connectivity index (χ3v) is 8.90. The van der Waals surface area contributed by atoms with Crippen molar-refractivity contribution in [1.29, 1.82) is 0 Å². The molecular weight excluding hydrogens is 578 g/mol. The van der Waals surface area contributed by atoms with Crippen LogP contribution in [0.25, 0.3) is 0 Å². The van der Waals surface area contributed by atoms with Gasteiger partial charge in [0.05, 0.1) is 31.3 Å². The van der Waals surface area contributed by atoms with Crippen molar-refractivity contribution < 1.29 is 44.2 Å². The van der Waals surface area contributed by atoms with E-state index in [2.05, 4.69) is 21.3 Å². The summed E-state index contributed by atoms with van der Waals surface area (Å²) in [7, 11) is 1.59. The van der Waals surface area contributed by atoms with Crippen molar-refractivity contribution in [2.75, 3.05) is 39.8 Å². The van der Waals surface area contributed by atoms with Crippen molar-refractivity contribution in [2.45, 2.75) is 118 Å². The van der Waals surface area contributed by atoms with Gasteiger partial charge in [-0.05, 0) is 65.2 Å². The first kappa shape index (κ1) is 35.3. The van der Waals surface area contributed by atoms with E-state index in [4.69, 9.17) is 36.1 Å². The van der Waals surface area contributed by atoms with Gasteiger partial charge in [0.2, 0.25) is 12.2 Å². The molecule has 2 saturated heterocycles. The number of aliphatic hydroxyl groups excluding tert-OH is 3. The van der Waals surface area contributed by atoms with Gasteiger partial charge in [-0.25, -0.2) is 0 Å². The topological polar surface area (TPSA) is 261 Å². The molecule has 0 aromatic carbocycles. The van der Waals surface area contributed by atoms with Crippen LogP contribution in [-0.4, -0.2) is 145 Å². The second kappa shape index (κ2) is 15.9. The highest BCUT2D eigenvalue weighted by atomic mass is 16.7. The van der Waals surface area contributed by atoms with Gasteiger partial charge >= 0.3 is 0 Å². The van der Waals surface area contributed by atoms with Crippen LogP contribution in [0.5, 0.6) is 0 Å². The first-order chi connectivity index (χ1) is 20.9. The third kappa shape index (κ3) is 8.64. The number of ether oxygens (including phenoxy) is 4. The van der Waals surface area contributed by atoms with Crippen molar-refractivity contribution in [1.82, 2.24) is 21.3 Å². The number of aliphatic hydroxyl groups is 4. The lowest BCUT2D eigenvalue weighted by Gasteiger charge is -2.48. The lowest BCUT2D eigenvalue weighted by molar-refractivity contribution is -0.304. The number of nitrogens with two attached hydrogens (primary N) is 3. The Morgan fingerprint density at radius 1 is 1.20 bits per heavy atom. The van der Waals surface area contributed by atoms with Crippen LogP contribution in [-0.2, 0) is 23.7 Å². The van der Waals surface area contributed by atoms with Gasteiger partial charge in [-0.2, -0.15) is 0 Å². The average Bonchev–Trinajstić information content (AvgIpc) is 3.49. The molecule has 3 aliphatic heterocycles. The molecule has 14 N–H and O–H groups in total. The molecule has 44 heavy (non-hydrogen) atoms. The van der Waals surface area contributed by atoms with Crippen molar-refractivity contribution in [3.05, 3.63) is 11.8 Å². The first-order valence-corrected chi connectivity index (χ1v) is 15.6. The Bertz CT molecular complexity index is 956. The molecule has 0 aromatic heterocycles. The summed E-state index contributed by atoms with van der Waals surface area (Å²) in [5, 5.41) is 55.9. The Hall–Kier alpha value is -1.51. The quantitative estimate of drug-likeness (QED) is 0.0914. The fourth-order valence-corrected chi connectivity index (χ4v) is 6.39. The molecule has 16 nitrogen and oxygen atoms in total. The largest absolute Gasteiger partial charge is 0.467 e. The molecule has 254 valence electrons. The summed E-state index contributed by atoms with van der Waals surface area (Å²) in [6.45, 7) is 3.75. The van der Waals surface area contributed by atoms with Crippen LogP contribution in [0.4, 0.5) is 0 Å². The van der Waals surface area contributed by atoms with Crippen LogP contribution in [0, 0.1) is 0 Å². The van der Waals surface area contributed by atoms with E-state index in [0.717, 1.165) is 25.9 Å². The number of hydrogen-bond donors (Lipinski definition) is 11. The summed E-state index contributed by atoms with van der Waals surface area (Å²) < 4.78 is 24.1. The van der Waals surface area contributed by atoms with Crippen molar-refractivity contribution in [3.8, 4) is 0 Å². The Morgan fingerprint density at radius 3 is 2.64 bits per heavy atom. The van der Waals surface area contributed by atoms with E-state index >= 15 is 0 Å². The first-order valence-electron chi connectivity index (χ1n) is 15.6. The van der Waals surface area contributed by atoms with Crippen LogP contribution in [0.15, 0.2) is 11.8 Å². The highest BCUT2D eigenvalue weighted by Crippen LogP contribution is 2.32. The van der Waals surface area contributed by atoms with Gasteiger partial charge < -0.3 is 77.8 Å². The zero-order valence-corrected chi connectivity index (χ0v) is 25.6. The SMILES string of the molecule is CN[C@@H]1[C@@H](O)[C@@H](O[C@@H]2[C@@H](O)[C@H](O[C@H]3OC(CNCC4CCCN4)=CC[C@H]3N)[C@@H](N)C[C@H]2NC(=O)[C@@H](O)CCN)OC[C@]1(C)O. The molecule has 3 heterocycles. The predicted molar refractivity (Wildman–Crippen MR) is 159 cm³/mol. The zero-order valence-electron chi connectivity index (χ0n) is 25.6. The highest BCUT2D eigenvalue weighted by Gasteiger charge is 2.52. The maximum atomic E-state index is 12.7. The molecule has 1 aliphatic carbocycles. The maximum Gasteiger partial charge on any atom is 0.249 e. The summed E-state index contributed by atoms with van der Waals surface area (Å²) in [5.41, 5.74) is 16.9. The predicted octanol–water partition coefficient (Wildman–Crippen LogP) is -4.60. The minimum absolute atomic E-state index is 0.0343. The number of likely N-dealkylation sites (N-methyl/N-ethyl adjacent to an activating group) is 1. The van der Waals surface area contributed by atoms with E-state index in [1.807, 2.05) is 6.08 Å². The van der Waals surface area contributed by atoms with E-state index in [1.165, 1.54) is 6.92 Å². The van der Waals surface area contributed by atoms with Crippen LogP contribution in [0.1, 0.15) is 39.0 Å². The summed E-state index contributed by atoms with van der Waals surface area (Å²) in [4.78, 5) is 12.7. The Morgan fingerprint density at radius 2 is 1.95 bits per heavy atom. The van der Waals surface area contributed by atoms with Gasteiger partial charge in [-0.3, -0.25) is 4.79 Å². The van der Waals surface area contributed by atoms with E-state index in [9.17, 15) is 25.2 Å². The molecule has 0 radical (unpaired) electrons. The number of carbonyl (C=O) groups is 1. The Kier molecular flexibility index (Phi) is 12.7. The summed E-state index contributed by atoms with van der Waals surface area (Å²) in [6.07, 6.45) is -3.74. The standard InChI is InChI=1S/C28H53N7O9/c1-28(40)13-41-27(21(38)24(28)32-2)44-23-18(35-25(39)19(36)7-8-29)10-17(31)22(20(23)37)43-26-16(30)6-5-15(42-26)12-33-11-14-4-3-9-34-14/h5,14,16-24,26-27,32-34,36-38,40H,3-4,6-13,29-31H2,1-2H3,(H,35,39)/t14?,16-,17+,18-,19+,20+,21-,22-,23+,24-,26-,27-,28+/m1/s1. The van der Waals surface area contributed by atoms with Gasteiger partial charge in [0, 0.05) is 18.6 Å². The minimum atomic E-state index is -1.43. The molecule has 0 bridgehead atoms. The lowest BCUT2D eigenvalue weighted by atomic mass is 9.83. The molecule has 1 amide bonds. The second-order valence-corrected chi connectivity index (χ2v) is 12.6. The molecule has 0 aromatic rings. The molecule has 3 fully saturated rings. The normalized spacial score (nSPS) is 41.9. The molecule has 1 saturated carbocycles. The Labute approximate surface area is 258 Å². The molecule has 1 unspecified atom stereocenters. The van der Waals surface area contributed by atoms with E-state index in [0.29, 0.717) is 24.8 Å². The Balaban J connectivity index is 1.45. The minimum Gasteiger partial charge on any atom is -0.467 e. The van der Waals surface area contributed by atoms with Gasteiger partial charge in [0.1, 0.15) is 41.9 Å². The summed E-state index contributed by atoms with van der Waals surface area (Å²) in [5.74, 6) is -0.0361. The number of hydrogen-bond acceptors (Lipinski definition) is 15. The molecule has 4 aliphatic rings. The van der Waals surface area contributed by atoms with Gasteiger partial charge in [-0.1, -0.05) is 0 Å². The number of rotatable bonds is 13. The van der Waals surface area contributed by atoms with Crippen molar-refractivity contribution >= 4 is 5.91 Å². The maximum absolute atomic E-state index is 12.7. The van der Waals surface area contributed by atoms with Gasteiger partial charge in [0.25, 0.3) is 0 Å². The molecule has 13 atom stereocenters. The number of nitrogens with one attached hydrogen (secondary N) is 4. The van der Waals surface area contributed by atoms with Crippen molar-refractivity contribution in [2.24, 2.45) is 17.2 Å².